The molecular formula is C14H23NO5. The van der Waals surface area contributed by atoms with E-state index in [4.69, 9.17) is 9.47 Å². The first-order chi connectivity index (χ1) is 9.43. The van der Waals surface area contributed by atoms with Crippen LogP contribution in [0.25, 0.3) is 0 Å². The van der Waals surface area contributed by atoms with E-state index in [9.17, 15) is 14.4 Å². The molecule has 0 aromatic heterocycles. The SMILES string of the molecule is CC(C)C(=O)COCCOCCN1C(=O)CC(C)C1=O. The first kappa shape index (κ1) is 16.8. The molecule has 2 amide bonds. The highest BCUT2D eigenvalue weighted by Crippen LogP contribution is 2.17. The maximum Gasteiger partial charge on any atom is 0.232 e. The Morgan fingerprint density at radius 1 is 1.25 bits per heavy atom. The lowest BCUT2D eigenvalue weighted by molar-refractivity contribution is -0.140. The Bertz CT molecular complexity index is 367. The molecule has 1 heterocycles. The van der Waals surface area contributed by atoms with Gasteiger partial charge in [-0.1, -0.05) is 20.8 Å². The summed E-state index contributed by atoms with van der Waals surface area (Å²) < 4.78 is 10.5. The number of nitrogens with zero attached hydrogens (tertiary/aromatic N) is 1. The predicted octanol–water partition coefficient (Wildman–Crippen LogP) is 0.640. The molecule has 20 heavy (non-hydrogen) atoms. The molecule has 0 N–H and O–H groups in total. The molecule has 114 valence electrons. The molecule has 0 bridgehead atoms. The Morgan fingerprint density at radius 2 is 1.90 bits per heavy atom. The number of carbonyl (C=O) groups is 3. The van der Waals surface area contributed by atoms with Gasteiger partial charge in [0.15, 0.2) is 5.78 Å². The van der Waals surface area contributed by atoms with E-state index in [-0.39, 0.29) is 42.6 Å². The summed E-state index contributed by atoms with van der Waals surface area (Å²) in [5, 5.41) is 0. The van der Waals surface area contributed by atoms with Crippen molar-refractivity contribution in [2.24, 2.45) is 11.8 Å². The molecule has 0 saturated carbocycles. The molecule has 0 aliphatic carbocycles. The van der Waals surface area contributed by atoms with Gasteiger partial charge in [-0.3, -0.25) is 19.3 Å². The molecule has 0 spiro atoms. The second-order valence-corrected chi connectivity index (χ2v) is 5.27. The average molecular weight is 285 g/mol. The van der Waals surface area contributed by atoms with Gasteiger partial charge in [0, 0.05) is 18.3 Å². The molecule has 6 nitrogen and oxygen atoms in total. The topological polar surface area (TPSA) is 72.9 Å². The van der Waals surface area contributed by atoms with Crippen LogP contribution in [0.2, 0.25) is 0 Å². The van der Waals surface area contributed by atoms with Gasteiger partial charge in [-0.05, 0) is 0 Å². The number of ether oxygens (including phenoxy) is 2. The fraction of sp³-hybridized carbons (Fsp3) is 0.786. The van der Waals surface area contributed by atoms with Gasteiger partial charge in [0.05, 0.1) is 26.4 Å². The molecule has 1 aliphatic rings. The van der Waals surface area contributed by atoms with Crippen molar-refractivity contribution < 1.29 is 23.9 Å². The maximum atomic E-state index is 11.6. The summed E-state index contributed by atoms with van der Waals surface area (Å²) in [7, 11) is 0. The zero-order chi connectivity index (χ0) is 15.1. The van der Waals surface area contributed by atoms with E-state index in [1.165, 1.54) is 4.90 Å². The van der Waals surface area contributed by atoms with Gasteiger partial charge in [0.2, 0.25) is 11.8 Å². The number of amides is 2. The number of hydrogen-bond donors (Lipinski definition) is 0. The Kier molecular flexibility index (Phi) is 6.81. The standard InChI is InChI=1S/C14H23NO5/c1-10(2)12(16)9-20-7-6-19-5-4-15-13(17)8-11(3)14(15)18/h10-11H,4-9H2,1-3H3. The van der Waals surface area contributed by atoms with Crippen LogP contribution in [0.5, 0.6) is 0 Å². The normalized spacial score (nSPS) is 19.2. The van der Waals surface area contributed by atoms with Crippen molar-refractivity contribution in [1.82, 2.24) is 4.90 Å². The zero-order valence-corrected chi connectivity index (χ0v) is 12.4. The van der Waals surface area contributed by atoms with E-state index in [2.05, 4.69) is 0 Å². The van der Waals surface area contributed by atoms with Crippen molar-refractivity contribution in [1.29, 1.82) is 0 Å². The molecule has 0 aromatic rings. The monoisotopic (exact) mass is 285 g/mol. The van der Waals surface area contributed by atoms with E-state index in [1.54, 1.807) is 6.92 Å². The van der Waals surface area contributed by atoms with Crippen LogP contribution < -0.4 is 0 Å². The summed E-state index contributed by atoms with van der Waals surface area (Å²) in [6.45, 7) is 6.76. The molecule has 0 aromatic carbocycles. The van der Waals surface area contributed by atoms with Gasteiger partial charge in [-0.2, -0.15) is 0 Å². The van der Waals surface area contributed by atoms with Crippen LogP contribution in [0.15, 0.2) is 0 Å². The number of carbonyl (C=O) groups excluding carboxylic acids is 3. The quantitative estimate of drug-likeness (QED) is 0.459. The molecule has 1 rings (SSSR count). The third-order valence-corrected chi connectivity index (χ3v) is 3.19. The van der Waals surface area contributed by atoms with Gasteiger partial charge < -0.3 is 9.47 Å². The largest absolute Gasteiger partial charge is 0.377 e. The summed E-state index contributed by atoms with van der Waals surface area (Å²) in [4.78, 5) is 35.6. The second kappa shape index (κ2) is 8.11. The number of rotatable bonds is 9. The minimum atomic E-state index is -0.215. The van der Waals surface area contributed by atoms with Crippen molar-refractivity contribution >= 4 is 17.6 Å². The summed E-state index contributed by atoms with van der Waals surface area (Å²) in [5.74, 6) is -0.438. The highest BCUT2D eigenvalue weighted by atomic mass is 16.5. The van der Waals surface area contributed by atoms with E-state index < -0.39 is 0 Å². The highest BCUT2D eigenvalue weighted by Gasteiger charge is 2.34. The molecule has 1 unspecified atom stereocenters. The fourth-order valence-corrected chi connectivity index (χ4v) is 1.80. The van der Waals surface area contributed by atoms with Gasteiger partial charge in [0.1, 0.15) is 6.61 Å². The fourth-order valence-electron chi connectivity index (χ4n) is 1.80. The molecule has 1 aliphatic heterocycles. The molecular weight excluding hydrogens is 262 g/mol. The van der Waals surface area contributed by atoms with Crippen molar-refractivity contribution in [2.45, 2.75) is 27.2 Å². The molecule has 1 saturated heterocycles. The lowest BCUT2D eigenvalue weighted by atomic mass is 10.1. The summed E-state index contributed by atoms with van der Waals surface area (Å²) >= 11 is 0. The first-order valence-electron chi connectivity index (χ1n) is 6.96. The first-order valence-corrected chi connectivity index (χ1v) is 6.96. The Balaban J connectivity index is 2.04. The molecule has 1 atom stereocenters. The van der Waals surface area contributed by atoms with Crippen LogP contribution >= 0.6 is 0 Å². The van der Waals surface area contributed by atoms with Gasteiger partial charge in [-0.15, -0.1) is 0 Å². The van der Waals surface area contributed by atoms with Crippen molar-refractivity contribution in [3.8, 4) is 0 Å². The van der Waals surface area contributed by atoms with Crippen LogP contribution in [-0.2, 0) is 23.9 Å². The Labute approximate surface area is 119 Å². The number of imide groups is 1. The number of likely N-dealkylation sites (tertiary alicyclic amines) is 1. The Morgan fingerprint density at radius 3 is 2.45 bits per heavy atom. The van der Waals surface area contributed by atoms with Crippen LogP contribution in [0.4, 0.5) is 0 Å². The van der Waals surface area contributed by atoms with E-state index in [1.807, 2.05) is 13.8 Å². The van der Waals surface area contributed by atoms with E-state index in [0.29, 0.717) is 26.2 Å². The molecule has 1 fully saturated rings. The molecule has 0 radical (unpaired) electrons. The van der Waals surface area contributed by atoms with Crippen molar-refractivity contribution in [2.75, 3.05) is 33.0 Å². The van der Waals surface area contributed by atoms with Gasteiger partial charge >= 0.3 is 0 Å². The van der Waals surface area contributed by atoms with Crippen molar-refractivity contribution in [3.63, 3.8) is 0 Å². The van der Waals surface area contributed by atoms with E-state index >= 15 is 0 Å². The van der Waals surface area contributed by atoms with Crippen LogP contribution in [0.3, 0.4) is 0 Å². The maximum absolute atomic E-state index is 11.6. The summed E-state index contributed by atoms with van der Waals surface area (Å²) in [6.07, 6.45) is 0.291. The molecule has 6 heteroatoms. The predicted molar refractivity (Wildman–Crippen MR) is 72.0 cm³/mol. The second-order valence-electron chi connectivity index (χ2n) is 5.27. The lowest BCUT2D eigenvalue weighted by Crippen LogP contribution is -2.33. The van der Waals surface area contributed by atoms with Crippen LogP contribution in [-0.4, -0.2) is 55.5 Å². The van der Waals surface area contributed by atoms with E-state index in [0.717, 1.165) is 0 Å². The van der Waals surface area contributed by atoms with Crippen LogP contribution in [0, 0.1) is 11.8 Å². The summed E-state index contributed by atoms with van der Waals surface area (Å²) in [6, 6.07) is 0. The average Bonchev–Trinajstić information content (AvgIpc) is 2.63. The van der Waals surface area contributed by atoms with Gasteiger partial charge in [-0.25, -0.2) is 0 Å². The smallest absolute Gasteiger partial charge is 0.232 e. The Hall–Kier alpha value is -1.27. The third kappa shape index (κ3) is 5.02. The zero-order valence-electron chi connectivity index (χ0n) is 12.4. The van der Waals surface area contributed by atoms with Crippen LogP contribution in [0.1, 0.15) is 27.2 Å². The number of hydrogen-bond acceptors (Lipinski definition) is 5. The van der Waals surface area contributed by atoms with Crippen molar-refractivity contribution in [3.05, 3.63) is 0 Å². The summed E-state index contributed by atoms with van der Waals surface area (Å²) in [5.41, 5.74) is 0. The van der Waals surface area contributed by atoms with Gasteiger partial charge in [0.25, 0.3) is 0 Å². The lowest BCUT2D eigenvalue weighted by Gasteiger charge is -2.14. The minimum Gasteiger partial charge on any atom is -0.377 e. The minimum absolute atomic E-state index is 0.0231. The number of ketones is 1. The third-order valence-electron chi connectivity index (χ3n) is 3.19. The highest BCUT2D eigenvalue weighted by molar-refractivity contribution is 6.03. The number of Topliss-reactive ketones (excluding diaryl/α,β-unsaturated/α-hetero) is 1.